The quantitative estimate of drug-likeness (QED) is 0.340. The van der Waals surface area contributed by atoms with Crippen molar-refractivity contribution in [2.24, 2.45) is 5.73 Å². The Morgan fingerprint density at radius 1 is 1.21 bits per heavy atom. The lowest BCUT2D eigenvalue weighted by molar-refractivity contribution is 0.0699. The number of carboxylic acid groups (broad SMARTS) is 1. The highest BCUT2D eigenvalue weighted by Gasteiger charge is 2.21. The van der Waals surface area contributed by atoms with Gasteiger partial charge in [-0.15, -0.1) is 0 Å². The number of nitrogens with one attached hydrogen (secondary N) is 1. The predicted octanol–water partition coefficient (Wildman–Crippen LogP) is 5.43. The number of aromatic nitrogens is 2. The molecule has 2 aromatic carbocycles. The van der Waals surface area contributed by atoms with Crippen molar-refractivity contribution < 1.29 is 9.90 Å². The summed E-state index contributed by atoms with van der Waals surface area (Å²) in [5.74, 6) is -0.917. The van der Waals surface area contributed by atoms with Crippen LogP contribution in [0.3, 0.4) is 0 Å². The summed E-state index contributed by atoms with van der Waals surface area (Å²) < 4.78 is 0.979. The Balaban J connectivity index is 2.06. The Labute approximate surface area is 177 Å². The van der Waals surface area contributed by atoms with Crippen LogP contribution in [0.2, 0.25) is 0 Å². The first-order valence-corrected chi connectivity index (χ1v) is 10.4. The van der Waals surface area contributed by atoms with Crippen LogP contribution >= 0.6 is 15.9 Å². The summed E-state index contributed by atoms with van der Waals surface area (Å²) >= 11 is 3.61. The minimum absolute atomic E-state index is 0.324. The molecule has 0 aliphatic rings. The van der Waals surface area contributed by atoms with Crippen LogP contribution in [-0.2, 0) is 6.42 Å². The molecule has 0 spiro atoms. The van der Waals surface area contributed by atoms with Gasteiger partial charge >= 0.3 is 5.97 Å². The van der Waals surface area contributed by atoms with E-state index in [0.29, 0.717) is 12.1 Å². The molecule has 148 valence electrons. The number of unbranched alkanes of at least 4 members (excludes halogenated alkanes) is 1. The van der Waals surface area contributed by atoms with Crippen LogP contribution in [0.15, 0.2) is 47.1 Å². The van der Waals surface area contributed by atoms with E-state index in [1.807, 2.05) is 37.3 Å². The number of hydrogen-bond acceptors (Lipinski definition) is 3. The monoisotopic (exact) mass is 451 g/mol. The van der Waals surface area contributed by atoms with Gasteiger partial charge in [0.05, 0.1) is 16.8 Å². The van der Waals surface area contributed by atoms with Crippen LogP contribution in [0.4, 0.5) is 0 Å². The average Bonchev–Trinajstić information content (AvgIpc) is 3.09. The van der Waals surface area contributed by atoms with Crippen LogP contribution in [0, 0.1) is 6.92 Å². The molecule has 0 fully saturated rings. The average molecular weight is 452 g/mol. The molecule has 0 unspecified atom stereocenters. The Bertz CT molecular complexity index is 1230. The number of carboxylic acids is 1. The topological polar surface area (TPSA) is 92.0 Å². The first-order valence-electron chi connectivity index (χ1n) is 9.64. The molecule has 4 N–H and O–H groups in total. The first kappa shape index (κ1) is 19.6. The molecule has 5 nitrogen and oxygen atoms in total. The van der Waals surface area contributed by atoms with Gasteiger partial charge in [0.1, 0.15) is 0 Å². The second-order valence-corrected chi connectivity index (χ2v) is 8.06. The smallest absolute Gasteiger partial charge is 0.336 e. The summed E-state index contributed by atoms with van der Waals surface area (Å²) in [6.45, 7) is 2.61. The van der Waals surface area contributed by atoms with Gasteiger partial charge in [-0.2, -0.15) is 0 Å². The van der Waals surface area contributed by atoms with Crippen molar-refractivity contribution in [3.63, 3.8) is 0 Å². The van der Waals surface area contributed by atoms with E-state index >= 15 is 0 Å². The molecule has 2 aromatic heterocycles. The van der Waals surface area contributed by atoms with Gasteiger partial charge in [0.2, 0.25) is 0 Å². The normalized spacial score (nSPS) is 11.4. The van der Waals surface area contributed by atoms with E-state index in [-0.39, 0.29) is 0 Å². The number of aromatic carboxylic acids is 1. The van der Waals surface area contributed by atoms with Crippen LogP contribution in [0.1, 0.15) is 34.3 Å². The first-order chi connectivity index (χ1) is 14.0. The van der Waals surface area contributed by atoms with Gasteiger partial charge in [0.15, 0.2) is 0 Å². The number of aromatic amines is 1. The molecular weight excluding hydrogens is 430 g/mol. The van der Waals surface area contributed by atoms with Crippen molar-refractivity contribution >= 4 is 43.7 Å². The van der Waals surface area contributed by atoms with Crippen molar-refractivity contribution in [2.75, 3.05) is 6.54 Å². The van der Waals surface area contributed by atoms with Crippen molar-refractivity contribution in [1.82, 2.24) is 9.97 Å². The number of H-pyrrole nitrogens is 1. The number of fused-ring (bicyclic) bond motifs is 2. The maximum atomic E-state index is 12.0. The van der Waals surface area contributed by atoms with Gasteiger partial charge < -0.3 is 15.8 Å². The number of hydrogen-bond donors (Lipinski definition) is 3. The summed E-state index contributed by atoms with van der Waals surface area (Å²) in [4.78, 5) is 20.1. The molecule has 0 amide bonds. The standard InChI is InChI=1S/C23H22BrN3O2/c1-13-7-8-16(23(28)29)19-15(5-2-3-11-25)22(27-20(13)19)17-9-10-18(24)14-6-4-12-26-21(14)17/h4,6-10,12,27H,2-3,5,11,25H2,1H3,(H,28,29). The lowest BCUT2D eigenvalue weighted by Gasteiger charge is -2.10. The molecule has 0 bridgehead atoms. The summed E-state index contributed by atoms with van der Waals surface area (Å²) in [5.41, 5.74) is 11.7. The van der Waals surface area contributed by atoms with Crippen molar-refractivity contribution in [2.45, 2.75) is 26.2 Å². The highest BCUT2D eigenvalue weighted by Crippen LogP contribution is 2.39. The fraction of sp³-hybridized carbons (Fsp3) is 0.217. The fourth-order valence-electron chi connectivity index (χ4n) is 3.95. The number of nitrogens with zero attached hydrogens (tertiary/aromatic N) is 1. The van der Waals surface area contributed by atoms with E-state index in [1.165, 1.54) is 0 Å². The second kappa shape index (κ2) is 7.97. The molecule has 4 rings (SSSR count). The fourth-order valence-corrected chi connectivity index (χ4v) is 4.40. The van der Waals surface area contributed by atoms with E-state index in [1.54, 1.807) is 12.3 Å². The van der Waals surface area contributed by atoms with Crippen molar-refractivity contribution in [3.05, 3.63) is 63.8 Å². The van der Waals surface area contributed by atoms with Crippen molar-refractivity contribution in [1.29, 1.82) is 0 Å². The second-order valence-electron chi connectivity index (χ2n) is 7.20. The molecule has 4 aromatic rings. The number of rotatable bonds is 6. The molecule has 0 atom stereocenters. The highest BCUT2D eigenvalue weighted by atomic mass is 79.9. The maximum absolute atomic E-state index is 12.0. The Morgan fingerprint density at radius 3 is 2.79 bits per heavy atom. The Kier molecular flexibility index (Phi) is 5.39. The third kappa shape index (κ3) is 3.43. The number of nitrogens with two attached hydrogens (primary N) is 1. The summed E-state index contributed by atoms with van der Waals surface area (Å²) in [7, 11) is 0. The van der Waals surface area contributed by atoms with E-state index in [4.69, 9.17) is 5.73 Å². The van der Waals surface area contributed by atoms with E-state index < -0.39 is 5.97 Å². The largest absolute Gasteiger partial charge is 0.478 e. The van der Waals surface area contributed by atoms with Gasteiger partial charge in [-0.25, -0.2) is 4.79 Å². The lowest BCUT2D eigenvalue weighted by Crippen LogP contribution is -2.01. The third-order valence-electron chi connectivity index (χ3n) is 5.36. The van der Waals surface area contributed by atoms with Crippen molar-refractivity contribution in [3.8, 4) is 11.3 Å². The van der Waals surface area contributed by atoms with E-state index in [9.17, 15) is 9.90 Å². The summed E-state index contributed by atoms with van der Waals surface area (Å²) in [6, 6.07) is 11.5. The maximum Gasteiger partial charge on any atom is 0.336 e. The van der Waals surface area contributed by atoms with Gasteiger partial charge in [0, 0.05) is 32.5 Å². The number of carbonyl (C=O) groups is 1. The molecule has 0 radical (unpaired) electrons. The number of benzene rings is 2. The molecule has 0 saturated heterocycles. The highest BCUT2D eigenvalue weighted by molar-refractivity contribution is 9.10. The van der Waals surface area contributed by atoms with Crippen LogP contribution in [0.5, 0.6) is 0 Å². The molecular formula is C23H22BrN3O2. The Morgan fingerprint density at radius 2 is 2.03 bits per heavy atom. The van der Waals surface area contributed by atoms with Gasteiger partial charge in [0.25, 0.3) is 0 Å². The molecule has 0 aliphatic carbocycles. The zero-order valence-corrected chi connectivity index (χ0v) is 17.7. The summed E-state index contributed by atoms with van der Waals surface area (Å²) in [5, 5.41) is 11.6. The molecule has 29 heavy (non-hydrogen) atoms. The van der Waals surface area contributed by atoms with E-state index in [0.717, 1.165) is 67.9 Å². The van der Waals surface area contributed by atoms with Crippen LogP contribution in [0.25, 0.3) is 33.1 Å². The van der Waals surface area contributed by atoms with Crippen LogP contribution in [-0.4, -0.2) is 27.6 Å². The predicted molar refractivity (Wildman–Crippen MR) is 120 cm³/mol. The number of halogens is 1. The zero-order chi connectivity index (χ0) is 20.5. The molecule has 2 heterocycles. The third-order valence-corrected chi connectivity index (χ3v) is 6.06. The SMILES string of the molecule is Cc1ccc(C(=O)O)c2c(CCCCN)c(-c3ccc(Br)c4cccnc34)[nH]c12. The number of aryl methyl sites for hydroxylation is 2. The lowest BCUT2D eigenvalue weighted by atomic mass is 9.95. The minimum Gasteiger partial charge on any atom is -0.478 e. The van der Waals surface area contributed by atoms with Gasteiger partial charge in [-0.1, -0.05) is 28.1 Å². The summed E-state index contributed by atoms with van der Waals surface area (Å²) in [6.07, 6.45) is 4.31. The minimum atomic E-state index is -0.917. The number of pyridine rings is 1. The van der Waals surface area contributed by atoms with Gasteiger partial charge in [-0.05, 0) is 68.1 Å². The Hall–Kier alpha value is -2.70. The molecule has 6 heteroatoms. The van der Waals surface area contributed by atoms with Gasteiger partial charge in [-0.3, -0.25) is 4.98 Å². The van der Waals surface area contributed by atoms with Crippen LogP contribution < -0.4 is 5.73 Å². The molecule has 0 aliphatic heterocycles. The zero-order valence-electron chi connectivity index (χ0n) is 16.1. The molecule has 0 saturated carbocycles. The van der Waals surface area contributed by atoms with E-state index in [2.05, 4.69) is 25.9 Å².